The van der Waals surface area contributed by atoms with Gasteiger partial charge in [-0.2, -0.15) is 5.26 Å². The molecule has 0 spiro atoms. The van der Waals surface area contributed by atoms with Crippen LogP contribution in [0.2, 0.25) is 0 Å². The molecule has 1 amide bonds. The number of benzene rings is 1. The van der Waals surface area contributed by atoms with Gasteiger partial charge >= 0.3 is 0 Å². The number of carbonyl (C=O) groups is 1. The fourth-order valence-corrected chi connectivity index (χ4v) is 1.23. The first-order valence-corrected chi connectivity index (χ1v) is 5.13. The molecular formula is C13H12N2O3. The molecule has 2 N–H and O–H groups in total. The third-order valence-electron chi connectivity index (χ3n) is 2.07. The molecule has 1 rings (SSSR count). The first-order valence-electron chi connectivity index (χ1n) is 5.13. The second kappa shape index (κ2) is 6.17. The van der Waals surface area contributed by atoms with E-state index in [1.54, 1.807) is 0 Å². The van der Waals surface area contributed by atoms with E-state index in [0.717, 1.165) is 0 Å². The molecule has 0 atom stereocenters. The Labute approximate surface area is 105 Å². The van der Waals surface area contributed by atoms with E-state index in [9.17, 15) is 9.90 Å². The van der Waals surface area contributed by atoms with Gasteiger partial charge in [0.05, 0.1) is 30.9 Å². The van der Waals surface area contributed by atoms with Gasteiger partial charge in [0.1, 0.15) is 0 Å². The van der Waals surface area contributed by atoms with Crippen LogP contribution < -0.4 is 10.1 Å². The highest BCUT2D eigenvalue weighted by Gasteiger charge is 2.08. The van der Waals surface area contributed by atoms with E-state index in [1.807, 2.05) is 6.07 Å². The highest BCUT2D eigenvalue weighted by molar-refractivity contribution is 5.73. The van der Waals surface area contributed by atoms with Crippen LogP contribution in [0, 0.1) is 23.2 Å². The minimum atomic E-state index is -0.183. The molecule has 5 nitrogen and oxygen atoms in total. The molecule has 0 saturated carbocycles. The van der Waals surface area contributed by atoms with Crippen molar-refractivity contribution in [3.63, 3.8) is 0 Å². The SMILES string of the molecule is COc1cc(C#N)cc(C#CCNC(C)=O)c1O. The summed E-state index contributed by atoms with van der Waals surface area (Å²) in [5.41, 5.74) is 0.629. The number of carbonyl (C=O) groups excluding carboxylic acids is 1. The largest absolute Gasteiger partial charge is 0.503 e. The number of nitrogens with one attached hydrogen (secondary N) is 1. The molecular weight excluding hydrogens is 232 g/mol. The van der Waals surface area contributed by atoms with E-state index >= 15 is 0 Å². The van der Waals surface area contributed by atoms with Crippen LogP contribution in [0.1, 0.15) is 18.1 Å². The molecule has 1 aromatic rings. The normalized spacial score (nSPS) is 8.72. The highest BCUT2D eigenvalue weighted by Crippen LogP contribution is 2.30. The number of hydrogen-bond donors (Lipinski definition) is 2. The number of nitrogens with zero attached hydrogens (tertiary/aromatic N) is 1. The Bertz CT molecular complexity index is 562. The van der Waals surface area contributed by atoms with E-state index in [1.165, 1.54) is 26.2 Å². The van der Waals surface area contributed by atoms with Crippen molar-refractivity contribution in [1.82, 2.24) is 5.32 Å². The Hall–Kier alpha value is -2.66. The number of methoxy groups -OCH3 is 1. The van der Waals surface area contributed by atoms with Gasteiger partial charge in [0.25, 0.3) is 0 Å². The molecule has 0 saturated heterocycles. The summed E-state index contributed by atoms with van der Waals surface area (Å²) < 4.78 is 4.93. The zero-order valence-electron chi connectivity index (χ0n) is 10.1. The number of rotatable bonds is 2. The van der Waals surface area contributed by atoms with Gasteiger partial charge in [-0.15, -0.1) is 0 Å². The first kappa shape index (κ1) is 13.4. The molecule has 0 radical (unpaired) electrons. The summed E-state index contributed by atoms with van der Waals surface area (Å²) in [7, 11) is 1.39. The van der Waals surface area contributed by atoms with E-state index in [2.05, 4.69) is 17.2 Å². The highest BCUT2D eigenvalue weighted by atomic mass is 16.5. The van der Waals surface area contributed by atoms with Gasteiger partial charge in [0, 0.05) is 13.0 Å². The lowest BCUT2D eigenvalue weighted by Gasteiger charge is -2.05. The van der Waals surface area contributed by atoms with Gasteiger partial charge < -0.3 is 15.2 Å². The molecule has 0 aromatic heterocycles. The van der Waals surface area contributed by atoms with Gasteiger partial charge in [-0.1, -0.05) is 11.8 Å². The van der Waals surface area contributed by atoms with Crippen molar-refractivity contribution in [3.05, 3.63) is 23.3 Å². The maximum atomic E-state index is 10.6. The summed E-state index contributed by atoms with van der Waals surface area (Å²) >= 11 is 0. The van der Waals surface area contributed by atoms with E-state index in [0.29, 0.717) is 5.56 Å². The summed E-state index contributed by atoms with van der Waals surface area (Å²) in [6.45, 7) is 1.56. The third kappa shape index (κ3) is 3.43. The molecule has 0 aliphatic heterocycles. The van der Waals surface area contributed by atoms with E-state index in [-0.39, 0.29) is 29.5 Å². The van der Waals surface area contributed by atoms with Crippen molar-refractivity contribution in [3.8, 4) is 29.4 Å². The topological polar surface area (TPSA) is 82.3 Å². The molecule has 0 fully saturated rings. The van der Waals surface area contributed by atoms with Crippen molar-refractivity contribution in [2.75, 3.05) is 13.7 Å². The molecule has 0 unspecified atom stereocenters. The quantitative estimate of drug-likeness (QED) is 0.752. The predicted molar refractivity (Wildman–Crippen MR) is 64.9 cm³/mol. The molecule has 0 aliphatic carbocycles. The second-order valence-electron chi connectivity index (χ2n) is 3.40. The standard InChI is InChI=1S/C13H12N2O3/c1-9(16)15-5-3-4-11-6-10(8-14)7-12(18-2)13(11)17/h6-7,17H,5H2,1-2H3,(H,15,16). The number of amides is 1. The summed E-state index contributed by atoms with van der Waals surface area (Å²) in [6.07, 6.45) is 0. The van der Waals surface area contributed by atoms with Gasteiger partial charge in [0.2, 0.25) is 5.91 Å². The number of ether oxygens (including phenoxy) is 1. The lowest BCUT2D eigenvalue weighted by Crippen LogP contribution is -2.19. The summed E-state index contributed by atoms with van der Waals surface area (Å²) in [6, 6.07) is 4.83. The molecule has 0 heterocycles. The molecule has 0 bridgehead atoms. The Balaban J connectivity index is 3.01. The minimum absolute atomic E-state index is 0.119. The molecule has 0 aliphatic rings. The summed E-state index contributed by atoms with van der Waals surface area (Å²) in [5.74, 6) is 5.23. The van der Waals surface area contributed by atoms with Crippen molar-refractivity contribution < 1.29 is 14.6 Å². The maximum absolute atomic E-state index is 10.6. The average molecular weight is 244 g/mol. The molecule has 5 heteroatoms. The number of hydrogen-bond acceptors (Lipinski definition) is 4. The lowest BCUT2D eigenvalue weighted by atomic mass is 10.1. The van der Waals surface area contributed by atoms with Crippen LogP contribution >= 0.6 is 0 Å². The third-order valence-corrected chi connectivity index (χ3v) is 2.07. The minimum Gasteiger partial charge on any atom is -0.503 e. The Morgan fingerprint density at radius 1 is 1.56 bits per heavy atom. The van der Waals surface area contributed by atoms with Crippen LogP contribution in [0.4, 0.5) is 0 Å². The van der Waals surface area contributed by atoms with Crippen LogP contribution in [0.15, 0.2) is 12.1 Å². The van der Waals surface area contributed by atoms with Crippen molar-refractivity contribution in [1.29, 1.82) is 5.26 Å². The van der Waals surface area contributed by atoms with Crippen molar-refractivity contribution >= 4 is 5.91 Å². The zero-order valence-corrected chi connectivity index (χ0v) is 10.1. The zero-order chi connectivity index (χ0) is 13.5. The monoisotopic (exact) mass is 244 g/mol. The molecule has 92 valence electrons. The van der Waals surface area contributed by atoms with Crippen LogP contribution in [-0.4, -0.2) is 24.7 Å². The van der Waals surface area contributed by atoms with Crippen LogP contribution in [0.5, 0.6) is 11.5 Å². The smallest absolute Gasteiger partial charge is 0.217 e. The van der Waals surface area contributed by atoms with Crippen molar-refractivity contribution in [2.45, 2.75) is 6.92 Å². The van der Waals surface area contributed by atoms with E-state index < -0.39 is 0 Å². The van der Waals surface area contributed by atoms with Crippen LogP contribution in [-0.2, 0) is 4.79 Å². The Morgan fingerprint density at radius 2 is 2.28 bits per heavy atom. The number of phenols is 1. The number of phenolic OH excluding ortho intramolecular Hbond substituents is 1. The number of aromatic hydroxyl groups is 1. The maximum Gasteiger partial charge on any atom is 0.217 e. The summed E-state index contributed by atoms with van der Waals surface area (Å²) in [5, 5.41) is 21.1. The number of nitriles is 1. The van der Waals surface area contributed by atoms with Gasteiger partial charge in [-0.25, -0.2) is 0 Å². The van der Waals surface area contributed by atoms with Crippen molar-refractivity contribution in [2.24, 2.45) is 0 Å². The Kier molecular flexibility index (Phi) is 4.59. The second-order valence-corrected chi connectivity index (χ2v) is 3.40. The van der Waals surface area contributed by atoms with E-state index in [4.69, 9.17) is 10.00 Å². The van der Waals surface area contributed by atoms with Crippen LogP contribution in [0.25, 0.3) is 0 Å². The fourth-order valence-electron chi connectivity index (χ4n) is 1.23. The van der Waals surface area contributed by atoms with Gasteiger partial charge in [-0.05, 0) is 6.07 Å². The predicted octanol–water partition coefficient (Wildman–Crippen LogP) is 0.760. The van der Waals surface area contributed by atoms with Gasteiger partial charge in [0.15, 0.2) is 11.5 Å². The lowest BCUT2D eigenvalue weighted by molar-refractivity contribution is -0.118. The molecule has 18 heavy (non-hydrogen) atoms. The fraction of sp³-hybridized carbons (Fsp3) is 0.231. The molecule has 1 aromatic carbocycles. The Morgan fingerprint density at radius 3 is 2.83 bits per heavy atom. The summed E-state index contributed by atoms with van der Waals surface area (Å²) in [4.78, 5) is 10.6. The van der Waals surface area contributed by atoms with Gasteiger partial charge in [-0.3, -0.25) is 4.79 Å². The average Bonchev–Trinajstić information content (AvgIpc) is 2.36. The first-order chi connectivity index (χ1) is 8.58. The van der Waals surface area contributed by atoms with Crippen LogP contribution in [0.3, 0.4) is 0 Å².